The average Bonchev–Trinajstić information content (AvgIpc) is 3.34. The molecule has 0 saturated heterocycles. The van der Waals surface area contributed by atoms with E-state index in [1.165, 1.54) is 23.2 Å². The van der Waals surface area contributed by atoms with Crippen LogP contribution in [0.5, 0.6) is 0 Å². The Morgan fingerprint density at radius 2 is 1.94 bits per heavy atom. The molecule has 2 aromatic carbocycles. The number of para-hydroxylation sites is 1. The van der Waals surface area contributed by atoms with Gasteiger partial charge in [0.1, 0.15) is 17.2 Å². The quantitative estimate of drug-likeness (QED) is 0.346. The molecule has 1 atom stereocenters. The van der Waals surface area contributed by atoms with E-state index < -0.39 is 38.7 Å². The van der Waals surface area contributed by atoms with Crippen LogP contribution in [0.1, 0.15) is 0 Å². The number of nitrogens with two attached hydrogens (primary N) is 1. The number of nitrogen functional groups attached to an aromatic ring is 1. The summed E-state index contributed by atoms with van der Waals surface area (Å²) in [6.45, 7) is -0.750. The zero-order chi connectivity index (χ0) is 24.0. The molecule has 174 valence electrons. The Hall–Kier alpha value is -2.73. The van der Waals surface area contributed by atoms with Gasteiger partial charge in [0.15, 0.2) is 0 Å². The number of halogens is 5. The number of aromatic nitrogens is 2. The van der Waals surface area contributed by atoms with E-state index in [-0.39, 0.29) is 10.7 Å². The van der Waals surface area contributed by atoms with E-state index in [0.717, 1.165) is 12.1 Å². The van der Waals surface area contributed by atoms with Crippen LogP contribution in [0, 0.1) is 0 Å². The highest BCUT2D eigenvalue weighted by atomic mass is 35.5. The van der Waals surface area contributed by atoms with Crippen molar-refractivity contribution in [3.05, 3.63) is 65.1 Å². The summed E-state index contributed by atoms with van der Waals surface area (Å²) in [6.07, 6.45) is -0.653. The Labute approximate surface area is 195 Å². The van der Waals surface area contributed by atoms with Crippen LogP contribution in [0.4, 0.5) is 18.9 Å². The maximum atomic E-state index is 13.9. The number of nitrogens with zero attached hydrogens (tertiary/aromatic N) is 2. The molecule has 0 aliphatic heterocycles. The van der Waals surface area contributed by atoms with E-state index in [1.807, 2.05) is 0 Å². The maximum Gasteiger partial charge on any atom is 0.406 e. The number of hydrogen-bond donors (Lipinski definition) is 2. The van der Waals surface area contributed by atoms with Crippen molar-refractivity contribution in [2.24, 2.45) is 0 Å². The monoisotopic (exact) mass is 518 g/mol. The predicted octanol–water partition coefficient (Wildman–Crippen LogP) is 5.09. The van der Waals surface area contributed by atoms with Crippen LogP contribution in [0.2, 0.25) is 10.0 Å². The topological polar surface area (TPSA) is 103 Å². The first kappa shape index (κ1) is 23.4. The Bertz CT molecular complexity index is 1400. The van der Waals surface area contributed by atoms with Crippen molar-refractivity contribution >= 4 is 49.8 Å². The lowest BCUT2D eigenvalue weighted by molar-refractivity contribution is -0.154. The fourth-order valence-electron chi connectivity index (χ4n) is 3.48. The summed E-state index contributed by atoms with van der Waals surface area (Å²) < 4.78 is 75.4. The van der Waals surface area contributed by atoms with Crippen LogP contribution in [0.25, 0.3) is 22.0 Å². The maximum absolute atomic E-state index is 13.9. The molecule has 33 heavy (non-hydrogen) atoms. The van der Waals surface area contributed by atoms with Crippen molar-refractivity contribution in [2.45, 2.75) is 23.7 Å². The van der Waals surface area contributed by atoms with Crippen LogP contribution in [-0.4, -0.2) is 30.4 Å². The molecule has 4 rings (SSSR count). The van der Waals surface area contributed by atoms with Crippen molar-refractivity contribution in [1.29, 1.82) is 0 Å². The summed E-state index contributed by atoms with van der Waals surface area (Å²) in [6, 6.07) is 6.45. The highest BCUT2D eigenvalue weighted by molar-refractivity contribution is 7.89. The predicted molar refractivity (Wildman–Crippen MR) is 118 cm³/mol. The van der Waals surface area contributed by atoms with Crippen molar-refractivity contribution in [2.75, 3.05) is 5.73 Å². The largest absolute Gasteiger partial charge is 0.406 e. The van der Waals surface area contributed by atoms with Gasteiger partial charge < -0.3 is 14.8 Å². The average molecular weight is 519 g/mol. The fourth-order valence-corrected chi connectivity index (χ4v) is 5.68. The molecule has 4 aromatic rings. The van der Waals surface area contributed by atoms with Crippen molar-refractivity contribution in [3.8, 4) is 11.1 Å². The number of alkyl halides is 3. The van der Waals surface area contributed by atoms with E-state index in [4.69, 9.17) is 33.5 Å². The summed E-state index contributed by atoms with van der Waals surface area (Å²) in [7, 11) is -4.75. The number of sulfonamides is 1. The number of rotatable bonds is 6. The van der Waals surface area contributed by atoms with Gasteiger partial charge in [0.25, 0.3) is 0 Å². The van der Waals surface area contributed by atoms with Crippen molar-refractivity contribution in [1.82, 2.24) is 14.4 Å². The number of anilines is 1. The second-order valence-corrected chi connectivity index (χ2v) is 9.64. The molecule has 0 bridgehead atoms. The molecular formula is C20H15Cl2F3N4O3S. The van der Waals surface area contributed by atoms with Gasteiger partial charge in [0.2, 0.25) is 10.0 Å². The van der Waals surface area contributed by atoms with E-state index in [0.29, 0.717) is 22.0 Å². The van der Waals surface area contributed by atoms with Crippen LogP contribution < -0.4 is 10.5 Å². The number of hydrogen-bond acceptors (Lipinski definition) is 5. The van der Waals surface area contributed by atoms with Gasteiger partial charge in [-0.3, -0.25) is 0 Å². The van der Waals surface area contributed by atoms with Gasteiger partial charge in [-0.05, 0) is 18.2 Å². The second kappa shape index (κ2) is 8.56. The van der Waals surface area contributed by atoms with E-state index in [9.17, 15) is 21.6 Å². The van der Waals surface area contributed by atoms with Gasteiger partial charge in [-0.1, -0.05) is 46.6 Å². The summed E-state index contributed by atoms with van der Waals surface area (Å²) in [5, 5.41) is 3.93. The molecule has 0 radical (unpaired) electrons. The molecule has 0 saturated carbocycles. The third-order valence-corrected chi connectivity index (χ3v) is 7.13. The molecule has 1 unspecified atom stereocenters. The first-order valence-corrected chi connectivity index (χ1v) is 11.5. The van der Waals surface area contributed by atoms with Gasteiger partial charge in [-0.25, -0.2) is 8.42 Å². The van der Waals surface area contributed by atoms with Gasteiger partial charge in [0.05, 0.1) is 16.9 Å². The molecular weight excluding hydrogens is 504 g/mol. The molecule has 13 heteroatoms. The van der Waals surface area contributed by atoms with Gasteiger partial charge in [0, 0.05) is 39.8 Å². The molecule has 3 N–H and O–H groups in total. The van der Waals surface area contributed by atoms with Crippen LogP contribution >= 0.6 is 23.2 Å². The van der Waals surface area contributed by atoms with Crippen LogP contribution in [0.15, 0.2) is 64.5 Å². The minimum atomic E-state index is -4.93. The van der Waals surface area contributed by atoms with E-state index in [1.54, 1.807) is 29.0 Å². The zero-order valence-electron chi connectivity index (χ0n) is 16.5. The van der Waals surface area contributed by atoms with Crippen molar-refractivity contribution < 1.29 is 26.1 Å². The smallest absolute Gasteiger partial charge is 0.398 e. The van der Waals surface area contributed by atoms with Gasteiger partial charge in [-0.15, -0.1) is 0 Å². The lowest BCUT2D eigenvalue weighted by atomic mass is 10.1. The molecule has 0 aliphatic rings. The minimum absolute atomic E-state index is 0.0453. The molecule has 0 fully saturated rings. The first-order chi connectivity index (χ1) is 15.5. The van der Waals surface area contributed by atoms with Crippen LogP contribution in [-0.2, 0) is 16.6 Å². The second-order valence-electron chi connectivity index (χ2n) is 7.15. The number of fused-ring (bicyclic) bond motifs is 1. The standard InChI is InChI=1S/C20H15Cl2F3N4O3S/c21-12-5-15(22)19(16(26)6-12)33(30,31)28-18(20(23,24)25)9-29-8-14(11-7-27-32-10-11)13-3-1-2-4-17(13)29/h1-8,10,18,28H,9,26H2. The minimum Gasteiger partial charge on any atom is -0.398 e. The van der Waals surface area contributed by atoms with E-state index in [2.05, 4.69) is 5.16 Å². The fraction of sp³-hybridized carbons (Fsp3) is 0.150. The summed E-state index contributed by atoms with van der Waals surface area (Å²) in [4.78, 5) is -0.676. The van der Waals surface area contributed by atoms with Crippen molar-refractivity contribution in [3.63, 3.8) is 0 Å². The number of nitrogens with one attached hydrogen (secondary N) is 1. The number of benzene rings is 2. The first-order valence-electron chi connectivity index (χ1n) is 9.28. The summed E-state index contributed by atoms with van der Waals surface area (Å²) in [5.74, 6) is 0. The van der Waals surface area contributed by atoms with Gasteiger partial charge >= 0.3 is 6.18 Å². The summed E-state index contributed by atoms with van der Waals surface area (Å²) in [5.41, 5.74) is 6.93. The molecule has 2 aromatic heterocycles. The SMILES string of the molecule is Nc1cc(Cl)cc(Cl)c1S(=O)(=O)NC(Cn1cc(-c2cnoc2)c2ccccc21)C(F)(F)F. The normalized spacial score (nSPS) is 13.5. The summed E-state index contributed by atoms with van der Waals surface area (Å²) >= 11 is 11.7. The van der Waals surface area contributed by atoms with Gasteiger partial charge in [-0.2, -0.15) is 17.9 Å². The molecule has 0 aliphatic carbocycles. The molecule has 0 spiro atoms. The van der Waals surface area contributed by atoms with Crippen LogP contribution in [0.3, 0.4) is 0 Å². The lowest BCUT2D eigenvalue weighted by Gasteiger charge is -2.23. The third-order valence-electron chi connectivity index (χ3n) is 4.91. The molecule has 2 heterocycles. The third kappa shape index (κ3) is 4.67. The molecule has 7 nitrogen and oxygen atoms in total. The Kier molecular flexibility index (Phi) is 6.08. The Morgan fingerprint density at radius 1 is 1.21 bits per heavy atom. The zero-order valence-corrected chi connectivity index (χ0v) is 18.8. The Balaban J connectivity index is 1.75. The molecule has 0 amide bonds. The highest BCUT2D eigenvalue weighted by Gasteiger charge is 2.43. The lowest BCUT2D eigenvalue weighted by Crippen LogP contribution is -2.48. The highest BCUT2D eigenvalue weighted by Crippen LogP contribution is 2.34. The van der Waals surface area contributed by atoms with E-state index >= 15 is 0 Å². The Morgan fingerprint density at radius 3 is 2.58 bits per heavy atom.